The van der Waals surface area contributed by atoms with Crippen LogP contribution in [0.15, 0.2) is 55.2 Å². The Balaban J connectivity index is 1.33. The Kier molecular flexibility index (Phi) is 6.44. The summed E-state index contributed by atoms with van der Waals surface area (Å²) in [7, 11) is 0. The summed E-state index contributed by atoms with van der Waals surface area (Å²) >= 11 is 12.6. The third-order valence-corrected chi connectivity index (χ3v) is 6.56. The van der Waals surface area contributed by atoms with Crippen molar-refractivity contribution >= 4 is 46.3 Å². The van der Waals surface area contributed by atoms with Crippen LogP contribution in [0, 0.1) is 5.82 Å². The molecule has 1 fully saturated rings. The van der Waals surface area contributed by atoms with Gasteiger partial charge in [0.15, 0.2) is 5.65 Å². The monoisotopic (exact) mass is 513 g/mol. The highest BCUT2D eigenvalue weighted by atomic mass is 35.5. The van der Waals surface area contributed by atoms with Gasteiger partial charge in [-0.05, 0) is 31.2 Å². The molecule has 4 aromatic rings. The molecule has 1 aliphatic heterocycles. The molecule has 1 amide bonds. The number of aromatic nitrogens is 4. The molecule has 3 aromatic heterocycles. The first-order chi connectivity index (χ1) is 16.9. The minimum atomic E-state index is -0.526. The number of pyridine rings is 1. The largest absolute Gasteiger partial charge is 0.365 e. The molecule has 0 radical (unpaired) electrons. The zero-order chi connectivity index (χ0) is 24.5. The van der Waals surface area contributed by atoms with Gasteiger partial charge in [0.2, 0.25) is 5.91 Å². The number of piperazine rings is 1. The number of carbonyl (C=O) groups is 1. The Morgan fingerprint density at radius 2 is 1.71 bits per heavy atom. The maximum atomic E-state index is 13.5. The lowest BCUT2D eigenvalue weighted by Gasteiger charge is -2.37. The van der Waals surface area contributed by atoms with Crippen LogP contribution in [-0.4, -0.2) is 62.4 Å². The van der Waals surface area contributed by atoms with Gasteiger partial charge in [-0.2, -0.15) is 0 Å². The number of halogens is 3. The van der Waals surface area contributed by atoms with Crippen LogP contribution >= 0.6 is 23.2 Å². The number of benzene rings is 1. The Labute approximate surface area is 211 Å². The van der Waals surface area contributed by atoms with Gasteiger partial charge in [-0.25, -0.2) is 9.37 Å². The third kappa shape index (κ3) is 4.61. The normalized spacial score (nSPS) is 14.9. The molecule has 1 aliphatic rings. The summed E-state index contributed by atoms with van der Waals surface area (Å²) in [5, 5.41) is 4.31. The van der Waals surface area contributed by atoms with Crippen molar-refractivity contribution in [3.63, 3.8) is 0 Å². The van der Waals surface area contributed by atoms with Crippen molar-refractivity contribution < 1.29 is 9.18 Å². The number of imidazole rings is 1. The second kappa shape index (κ2) is 9.67. The summed E-state index contributed by atoms with van der Waals surface area (Å²) in [6, 6.07) is 5.57. The lowest BCUT2D eigenvalue weighted by molar-refractivity contribution is -0.131. The zero-order valence-electron chi connectivity index (χ0n) is 18.8. The van der Waals surface area contributed by atoms with Crippen molar-refractivity contribution in [2.24, 2.45) is 0 Å². The van der Waals surface area contributed by atoms with Crippen molar-refractivity contribution in [1.82, 2.24) is 24.3 Å². The highest BCUT2D eigenvalue weighted by Crippen LogP contribution is 2.33. The first-order valence-corrected chi connectivity index (χ1v) is 11.8. The molecule has 0 saturated carbocycles. The van der Waals surface area contributed by atoms with E-state index in [1.807, 2.05) is 16.2 Å². The molecule has 8 nitrogen and oxygen atoms in total. The fourth-order valence-corrected chi connectivity index (χ4v) is 4.86. The molecule has 1 aromatic carbocycles. The van der Waals surface area contributed by atoms with Crippen LogP contribution in [0.25, 0.3) is 16.9 Å². The molecule has 0 aliphatic carbocycles. The van der Waals surface area contributed by atoms with Gasteiger partial charge in [0.25, 0.3) is 0 Å². The number of rotatable bonds is 5. The van der Waals surface area contributed by atoms with Crippen molar-refractivity contribution in [3.8, 4) is 11.3 Å². The smallest absolute Gasteiger partial charge is 0.244 e. The summed E-state index contributed by atoms with van der Waals surface area (Å²) in [6.45, 7) is 4.08. The predicted molar refractivity (Wildman–Crippen MR) is 135 cm³/mol. The van der Waals surface area contributed by atoms with Crippen LogP contribution in [0.3, 0.4) is 0 Å². The van der Waals surface area contributed by atoms with E-state index in [2.05, 4.69) is 25.2 Å². The van der Waals surface area contributed by atoms with Crippen LogP contribution < -0.4 is 10.2 Å². The second-order valence-electron chi connectivity index (χ2n) is 8.25. The number of carbonyl (C=O) groups excluding carboxylic acids is 1. The fourth-order valence-electron chi connectivity index (χ4n) is 4.25. The maximum absolute atomic E-state index is 13.5. The number of fused-ring (bicyclic) bond motifs is 1. The summed E-state index contributed by atoms with van der Waals surface area (Å²) in [4.78, 5) is 30.0. The molecular weight excluding hydrogens is 492 g/mol. The average molecular weight is 514 g/mol. The molecule has 1 N–H and O–H groups in total. The topological polar surface area (TPSA) is 78.7 Å². The lowest BCUT2D eigenvalue weighted by atomic mass is 10.1. The Morgan fingerprint density at radius 1 is 1.03 bits per heavy atom. The summed E-state index contributed by atoms with van der Waals surface area (Å²) in [5.41, 5.74) is 2.71. The number of nitrogens with zero attached hydrogens (tertiary/aromatic N) is 6. The van der Waals surface area contributed by atoms with Gasteiger partial charge in [-0.1, -0.05) is 23.2 Å². The van der Waals surface area contributed by atoms with Gasteiger partial charge >= 0.3 is 0 Å². The highest BCUT2D eigenvalue weighted by molar-refractivity contribution is 6.38. The molecular formula is C24H22Cl2FN7O. The molecule has 0 bridgehead atoms. The van der Waals surface area contributed by atoms with E-state index in [4.69, 9.17) is 23.2 Å². The molecule has 11 heteroatoms. The van der Waals surface area contributed by atoms with Gasteiger partial charge in [-0.15, -0.1) is 0 Å². The van der Waals surface area contributed by atoms with Crippen LogP contribution in [0.1, 0.15) is 6.92 Å². The average Bonchev–Trinajstić information content (AvgIpc) is 3.22. The number of amides is 1. The summed E-state index contributed by atoms with van der Waals surface area (Å²) < 4.78 is 15.3. The minimum absolute atomic E-state index is 0.0364. The van der Waals surface area contributed by atoms with Crippen LogP contribution in [0.5, 0.6) is 0 Å². The molecule has 4 heterocycles. The Hall–Kier alpha value is -3.43. The standard InChI is InChI=1S/C24H22Cl2FN7O/c1-15(24(35)33-10-8-32(9-11-33)22-18(25)12-29-13-19(22)26)30-23-21(16-2-4-17(27)5-3-16)31-20-14-28-6-7-34(20)23/h2-7,12-15,30H,8-11H2,1H3. The van der Waals surface area contributed by atoms with E-state index in [9.17, 15) is 9.18 Å². The first kappa shape index (κ1) is 23.3. The Bertz CT molecular complexity index is 1350. The predicted octanol–water partition coefficient (Wildman–Crippen LogP) is 4.39. The van der Waals surface area contributed by atoms with Crippen LogP contribution in [0.4, 0.5) is 15.9 Å². The van der Waals surface area contributed by atoms with E-state index < -0.39 is 6.04 Å². The molecule has 35 heavy (non-hydrogen) atoms. The van der Waals surface area contributed by atoms with Crippen molar-refractivity contribution in [2.45, 2.75) is 13.0 Å². The zero-order valence-corrected chi connectivity index (χ0v) is 20.3. The van der Waals surface area contributed by atoms with Gasteiger partial charge in [0.1, 0.15) is 23.4 Å². The number of hydrogen-bond donors (Lipinski definition) is 1. The first-order valence-electron chi connectivity index (χ1n) is 11.1. The second-order valence-corrected chi connectivity index (χ2v) is 9.06. The van der Waals surface area contributed by atoms with Crippen molar-refractivity contribution in [2.75, 3.05) is 36.4 Å². The highest BCUT2D eigenvalue weighted by Gasteiger charge is 2.28. The number of nitrogens with one attached hydrogen (secondary N) is 1. The van der Waals surface area contributed by atoms with Crippen molar-refractivity contribution in [1.29, 1.82) is 0 Å². The summed E-state index contributed by atoms with van der Waals surface area (Å²) in [6.07, 6.45) is 8.19. The molecule has 5 rings (SSSR count). The van der Waals surface area contributed by atoms with E-state index in [0.29, 0.717) is 53.4 Å². The summed E-state index contributed by atoms with van der Waals surface area (Å²) in [5.74, 6) is 0.278. The molecule has 180 valence electrons. The van der Waals surface area contributed by atoms with E-state index >= 15 is 0 Å². The molecule has 0 spiro atoms. The number of hydrogen-bond acceptors (Lipinski definition) is 6. The van der Waals surface area contributed by atoms with Gasteiger partial charge in [0, 0.05) is 56.5 Å². The van der Waals surface area contributed by atoms with E-state index in [0.717, 1.165) is 11.3 Å². The van der Waals surface area contributed by atoms with E-state index in [1.54, 1.807) is 43.1 Å². The third-order valence-electron chi connectivity index (χ3n) is 6.01. The van der Waals surface area contributed by atoms with Crippen LogP contribution in [-0.2, 0) is 4.79 Å². The SMILES string of the molecule is CC(Nc1c(-c2ccc(F)cc2)nc2cnccn12)C(=O)N1CCN(c2c(Cl)cncc2Cl)CC1. The van der Waals surface area contributed by atoms with Gasteiger partial charge < -0.3 is 15.1 Å². The molecule has 1 saturated heterocycles. The molecule has 1 atom stereocenters. The minimum Gasteiger partial charge on any atom is -0.365 e. The Morgan fingerprint density at radius 3 is 2.40 bits per heavy atom. The van der Waals surface area contributed by atoms with E-state index in [-0.39, 0.29) is 11.7 Å². The van der Waals surface area contributed by atoms with Gasteiger partial charge in [0.05, 0.1) is 21.9 Å². The van der Waals surface area contributed by atoms with E-state index in [1.165, 1.54) is 12.1 Å². The van der Waals surface area contributed by atoms with Crippen molar-refractivity contribution in [3.05, 3.63) is 71.1 Å². The molecule has 1 unspecified atom stereocenters. The lowest BCUT2D eigenvalue weighted by Crippen LogP contribution is -2.52. The van der Waals surface area contributed by atoms with Gasteiger partial charge in [-0.3, -0.25) is 19.2 Å². The fraction of sp³-hybridized carbons (Fsp3) is 0.250. The maximum Gasteiger partial charge on any atom is 0.244 e. The quantitative estimate of drug-likeness (QED) is 0.426. The van der Waals surface area contributed by atoms with Crippen LogP contribution in [0.2, 0.25) is 10.0 Å². The number of anilines is 2.